The molecule has 0 atom stereocenters. The summed E-state index contributed by atoms with van der Waals surface area (Å²) >= 11 is 5.90. The van der Waals surface area contributed by atoms with Crippen molar-refractivity contribution in [3.63, 3.8) is 0 Å². The number of nitrogens with one attached hydrogen (secondary N) is 1. The predicted octanol–water partition coefficient (Wildman–Crippen LogP) is 6.17. The van der Waals surface area contributed by atoms with E-state index in [2.05, 4.69) is 27.0 Å². The van der Waals surface area contributed by atoms with E-state index in [1.807, 2.05) is 60.8 Å². The summed E-state index contributed by atoms with van der Waals surface area (Å²) in [5.74, 6) is 0.628. The Kier molecular flexibility index (Phi) is 6.02. The van der Waals surface area contributed by atoms with Gasteiger partial charge in [0, 0.05) is 27.6 Å². The molecule has 5 aromatic rings. The molecule has 0 bridgehead atoms. The molecule has 0 aliphatic rings. The van der Waals surface area contributed by atoms with Gasteiger partial charge in [0.25, 0.3) is 0 Å². The molecular weight excluding hydrogens is 446 g/mol. The molecular formula is C28H22ClN3O2. The second kappa shape index (κ2) is 9.41. The molecule has 3 aromatic carbocycles. The van der Waals surface area contributed by atoms with Gasteiger partial charge in [0.05, 0.1) is 36.6 Å². The van der Waals surface area contributed by atoms with Crippen LogP contribution in [0.2, 0.25) is 5.02 Å². The zero-order chi connectivity index (χ0) is 23.5. The molecule has 0 fully saturated rings. The second-order valence-corrected chi connectivity index (χ2v) is 8.28. The number of nitrogens with zero attached hydrogens (tertiary/aromatic N) is 2. The van der Waals surface area contributed by atoms with Crippen LogP contribution in [0.25, 0.3) is 33.6 Å². The Hall–Kier alpha value is -4.09. The van der Waals surface area contributed by atoms with Gasteiger partial charge in [-0.25, -0.2) is 0 Å². The van der Waals surface area contributed by atoms with E-state index >= 15 is 0 Å². The quantitative estimate of drug-likeness (QED) is 0.304. The van der Waals surface area contributed by atoms with E-state index in [0.29, 0.717) is 11.6 Å². The van der Waals surface area contributed by atoms with E-state index in [1.165, 1.54) is 6.08 Å². The molecule has 6 heteroatoms. The molecule has 0 aliphatic carbocycles. The second-order valence-electron chi connectivity index (χ2n) is 7.85. The summed E-state index contributed by atoms with van der Waals surface area (Å²) in [5, 5.41) is 5.79. The predicted molar refractivity (Wildman–Crippen MR) is 137 cm³/mol. The zero-order valence-corrected chi connectivity index (χ0v) is 19.3. The number of ether oxygens (including phenoxy) is 1. The molecule has 0 saturated heterocycles. The first-order chi connectivity index (χ1) is 16.6. The number of halogens is 1. The number of amides is 1. The number of pyridine rings is 1. The fourth-order valence-electron chi connectivity index (χ4n) is 4.00. The van der Waals surface area contributed by atoms with Crippen molar-refractivity contribution in [1.82, 2.24) is 14.9 Å². The van der Waals surface area contributed by atoms with Crippen LogP contribution in [0.5, 0.6) is 5.75 Å². The Balaban J connectivity index is 1.41. The molecule has 1 N–H and O–H groups in total. The maximum atomic E-state index is 12.3. The minimum Gasteiger partial charge on any atom is -0.497 e. The highest BCUT2D eigenvalue weighted by molar-refractivity contribution is 6.30. The lowest BCUT2D eigenvalue weighted by Gasteiger charge is -2.09. The Morgan fingerprint density at radius 1 is 1.00 bits per heavy atom. The number of hydrogen-bond acceptors (Lipinski definition) is 3. The fraction of sp³-hybridized carbons (Fsp3) is 0.0714. The number of hydrogen-bond donors (Lipinski definition) is 1. The summed E-state index contributed by atoms with van der Waals surface area (Å²) < 4.78 is 7.49. The van der Waals surface area contributed by atoms with Crippen LogP contribution >= 0.6 is 11.6 Å². The number of methoxy groups -OCH3 is 1. The van der Waals surface area contributed by atoms with E-state index in [-0.39, 0.29) is 5.91 Å². The third kappa shape index (κ3) is 4.38. The molecule has 5 nitrogen and oxygen atoms in total. The van der Waals surface area contributed by atoms with Gasteiger partial charge >= 0.3 is 0 Å². The van der Waals surface area contributed by atoms with Crippen LogP contribution < -0.4 is 10.1 Å². The minimum atomic E-state index is -0.183. The maximum Gasteiger partial charge on any atom is 0.244 e. The first kappa shape index (κ1) is 21.7. The molecule has 2 heterocycles. The van der Waals surface area contributed by atoms with Crippen LogP contribution in [-0.4, -0.2) is 22.6 Å². The van der Waals surface area contributed by atoms with E-state index in [4.69, 9.17) is 16.3 Å². The van der Waals surface area contributed by atoms with E-state index in [0.717, 1.165) is 44.5 Å². The van der Waals surface area contributed by atoms with Gasteiger partial charge in [-0.3, -0.25) is 9.78 Å². The van der Waals surface area contributed by atoms with Gasteiger partial charge in [0.2, 0.25) is 5.91 Å². The minimum absolute atomic E-state index is 0.183. The van der Waals surface area contributed by atoms with Crippen LogP contribution in [-0.2, 0) is 11.3 Å². The van der Waals surface area contributed by atoms with Crippen LogP contribution in [0.1, 0.15) is 11.3 Å². The molecule has 0 radical (unpaired) electrons. The average Bonchev–Trinajstić information content (AvgIpc) is 3.21. The molecule has 5 rings (SSSR count). The lowest BCUT2D eigenvalue weighted by molar-refractivity contribution is -0.116. The highest BCUT2D eigenvalue weighted by Gasteiger charge is 2.13. The lowest BCUT2D eigenvalue weighted by atomic mass is 10.1. The first-order valence-corrected chi connectivity index (χ1v) is 11.2. The van der Waals surface area contributed by atoms with E-state index in [1.54, 1.807) is 25.3 Å². The van der Waals surface area contributed by atoms with Crippen molar-refractivity contribution in [3.8, 4) is 11.4 Å². The van der Waals surface area contributed by atoms with Crippen molar-refractivity contribution in [3.05, 3.63) is 107 Å². The zero-order valence-electron chi connectivity index (χ0n) is 18.5. The van der Waals surface area contributed by atoms with E-state index < -0.39 is 0 Å². The van der Waals surface area contributed by atoms with Crippen LogP contribution in [0, 0.1) is 0 Å². The summed E-state index contributed by atoms with van der Waals surface area (Å²) in [6.07, 6.45) is 5.13. The number of carbonyl (C=O) groups is 1. The monoisotopic (exact) mass is 467 g/mol. The van der Waals surface area contributed by atoms with Crippen molar-refractivity contribution < 1.29 is 9.53 Å². The van der Waals surface area contributed by atoms with Gasteiger partial charge in [-0.2, -0.15) is 0 Å². The highest BCUT2D eigenvalue weighted by Crippen LogP contribution is 2.32. The average molecular weight is 468 g/mol. The highest BCUT2D eigenvalue weighted by atomic mass is 35.5. The molecule has 2 aromatic heterocycles. The topological polar surface area (TPSA) is 56.1 Å². The Labute approximate surface area is 202 Å². The summed E-state index contributed by atoms with van der Waals surface area (Å²) in [6, 6.07) is 25.6. The van der Waals surface area contributed by atoms with Crippen LogP contribution in [0.15, 0.2) is 91.1 Å². The van der Waals surface area contributed by atoms with Gasteiger partial charge < -0.3 is 14.6 Å². The summed E-state index contributed by atoms with van der Waals surface area (Å²) in [4.78, 5) is 16.9. The Morgan fingerprint density at radius 2 is 1.76 bits per heavy atom. The fourth-order valence-corrected chi connectivity index (χ4v) is 4.13. The van der Waals surface area contributed by atoms with Crippen molar-refractivity contribution in [1.29, 1.82) is 0 Å². The number of rotatable bonds is 6. The molecule has 0 spiro atoms. The smallest absolute Gasteiger partial charge is 0.244 e. The Morgan fingerprint density at radius 3 is 2.53 bits per heavy atom. The SMILES string of the molecule is COc1ccc(-n2c3ccccc3c3cc(CNC(=O)/C=C/c4ccc(Cl)cc4)ncc32)cc1. The largest absolute Gasteiger partial charge is 0.497 e. The van der Waals surface area contributed by atoms with E-state index in [9.17, 15) is 4.79 Å². The van der Waals surface area contributed by atoms with Gasteiger partial charge in [0.15, 0.2) is 0 Å². The van der Waals surface area contributed by atoms with Crippen molar-refractivity contribution in [2.45, 2.75) is 6.54 Å². The van der Waals surface area contributed by atoms with Gasteiger partial charge in [0.1, 0.15) is 5.75 Å². The number of benzene rings is 3. The van der Waals surface area contributed by atoms with Crippen LogP contribution in [0.4, 0.5) is 0 Å². The number of aromatic nitrogens is 2. The van der Waals surface area contributed by atoms with Crippen molar-refractivity contribution in [2.24, 2.45) is 0 Å². The maximum absolute atomic E-state index is 12.3. The van der Waals surface area contributed by atoms with Crippen molar-refractivity contribution >= 4 is 45.4 Å². The first-order valence-electron chi connectivity index (χ1n) is 10.9. The molecule has 0 unspecified atom stereocenters. The Bertz CT molecular complexity index is 1500. The normalized spacial score (nSPS) is 11.4. The summed E-state index contributed by atoms with van der Waals surface area (Å²) in [6.45, 7) is 0.335. The van der Waals surface area contributed by atoms with Gasteiger partial charge in [-0.1, -0.05) is 41.9 Å². The van der Waals surface area contributed by atoms with Gasteiger partial charge in [-0.15, -0.1) is 0 Å². The standard InChI is InChI=1S/C28H22ClN3O2/c1-34-23-13-11-22(12-14-23)32-26-5-3-2-4-24(26)25-16-21(30-18-27(25)32)17-31-28(33)15-8-19-6-9-20(29)10-7-19/h2-16,18H,17H2,1H3,(H,31,33)/b15-8+. The third-order valence-corrected chi connectivity index (χ3v) is 5.94. The molecule has 0 saturated carbocycles. The molecule has 1 amide bonds. The third-order valence-electron chi connectivity index (χ3n) is 5.69. The summed E-state index contributed by atoms with van der Waals surface area (Å²) in [7, 11) is 1.66. The molecule has 34 heavy (non-hydrogen) atoms. The van der Waals surface area contributed by atoms with Gasteiger partial charge in [-0.05, 0) is 60.2 Å². The molecule has 0 aliphatic heterocycles. The van der Waals surface area contributed by atoms with Crippen LogP contribution in [0.3, 0.4) is 0 Å². The molecule has 168 valence electrons. The number of fused-ring (bicyclic) bond motifs is 3. The van der Waals surface area contributed by atoms with Crippen molar-refractivity contribution in [2.75, 3.05) is 7.11 Å². The summed E-state index contributed by atoms with van der Waals surface area (Å²) in [5.41, 5.74) is 4.83. The number of carbonyl (C=O) groups excluding carboxylic acids is 1. The number of para-hydroxylation sites is 1. The lowest BCUT2D eigenvalue weighted by Crippen LogP contribution is -2.20.